The quantitative estimate of drug-likeness (QED) is 0.679. The SMILES string of the molecule is COC(=O)C1(c2cccc(F)c2C)CCC(c2cnn(CCN3CCOCC3)c2)C1. The van der Waals surface area contributed by atoms with Crippen LogP contribution in [0.1, 0.15) is 41.9 Å². The van der Waals surface area contributed by atoms with Crippen molar-refractivity contribution in [1.29, 1.82) is 0 Å². The van der Waals surface area contributed by atoms with Gasteiger partial charge in [-0.3, -0.25) is 14.4 Å². The summed E-state index contributed by atoms with van der Waals surface area (Å²) < 4.78 is 26.8. The molecule has 0 N–H and O–H groups in total. The number of esters is 1. The predicted molar refractivity (Wildman–Crippen MR) is 111 cm³/mol. The van der Waals surface area contributed by atoms with Gasteiger partial charge in [0.15, 0.2) is 0 Å². The first-order valence-corrected chi connectivity index (χ1v) is 10.7. The highest BCUT2D eigenvalue weighted by Crippen LogP contribution is 2.50. The lowest BCUT2D eigenvalue weighted by Crippen LogP contribution is -2.38. The van der Waals surface area contributed by atoms with Crippen LogP contribution < -0.4 is 0 Å². The van der Waals surface area contributed by atoms with E-state index in [9.17, 15) is 9.18 Å². The molecule has 1 aliphatic heterocycles. The van der Waals surface area contributed by atoms with Crippen molar-refractivity contribution >= 4 is 5.97 Å². The second-order valence-corrected chi connectivity index (χ2v) is 8.42. The summed E-state index contributed by atoms with van der Waals surface area (Å²) in [5.41, 5.74) is 1.61. The lowest BCUT2D eigenvalue weighted by atomic mass is 9.75. The molecule has 2 atom stereocenters. The predicted octanol–water partition coefficient (Wildman–Crippen LogP) is 3.04. The Morgan fingerprint density at radius 2 is 2.13 bits per heavy atom. The smallest absolute Gasteiger partial charge is 0.316 e. The average molecular weight is 416 g/mol. The van der Waals surface area contributed by atoms with E-state index in [0.717, 1.165) is 56.9 Å². The summed E-state index contributed by atoms with van der Waals surface area (Å²) >= 11 is 0. The zero-order valence-corrected chi connectivity index (χ0v) is 17.8. The molecule has 2 aliphatic rings. The molecule has 30 heavy (non-hydrogen) atoms. The zero-order valence-electron chi connectivity index (χ0n) is 17.8. The highest BCUT2D eigenvalue weighted by Gasteiger charge is 2.49. The molecule has 0 radical (unpaired) electrons. The highest BCUT2D eigenvalue weighted by atomic mass is 19.1. The molecular weight excluding hydrogens is 385 g/mol. The van der Waals surface area contributed by atoms with E-state index in [1.807, 2.05) is 16.9 Å². The van der Waals surface area contributed by atoms with Gasteiger partial charge in [0, 0.05) is 25.8 Å². The van der Waals surface area contributed by atoms with Crippen molar-refractivity contribution in [2.24, 2.45) is 0 Å². The van der Waals surface area contributed by atoms with Crippen molar-refractivity contribution in [2.45, 2.75) is 44.1 Å². The van der Waals surface area contributed by atoms with Crippen LogP contribution in [0.15, 0.2) is 30.6 Å². The summed E-state index contributed by atoms with van der Waals surface area (Å²) in [5, 5.41) is 4.54. The minimum Gasteiger partial charge on any atom is -0.468 e. The number of aromatic nitrogens is 2. The van der Waals surface area contributed by atoms with Crippen LogP contribution in [0, 0.1) is 12.7 Å². The molecule has 7 heteroatoms. The van der Waals surface area contributed by atoms with Gasteiger partial charge >= 0.3 is 5.97 Å². The molecule has 2 fully saturated rings. The summed E-state index contributed by atoms with van der Waals surface area (Å²) in [4.78, 5) is 15.3. The minimum atomic E-state index is -0.804. The fourth-order valence-corrected chi connectivity index (χ4v) is 4.97. The van der Waals surface area contributed by atoms with Crippen LogP contribution in [0.5, 0.6) is 0 Å². The largest absolute Gasteiger partial charge is 0.468 e. The molecule has 0 bridgehead atoms. The molecule has 2 heterocycles. The maximum Gasteiger partial charge on any atom is 0.316 e. The highest BCUT2D eigenvalue weighted by molar-refractivity contribution is 5.84. The van der Waals surface area contributed by atoms with Crippen molar-refractivity contribution in [3.05, 3.63) is 53.1 Å². The van der Waals surface area contributed by atoms with E-state index in [1.54, 1.807) is 13.0 Å². The van der Waals surface area contributed by atoms with Crippen molar-refractivity contribution in [3.63, 3.8) is 0 Å². The van der Waals surface area contributed by atoms with E-state index in [1.165, 1.54) is 13.2 Å². The van der Waals surface area contributed by atoms with E-state index >= 15 is 0 Å². The lowest BCUT2D eigenvalue weighted by molar-refractivity contribution is -0.147. The van der Waals surface area contributed by atoms with Gasteiger partial charge in [-0.1, -0.05) is 12.1 Å². The number of halogens is 1. The Balaban J connectivity index is 1.49. The Morgan fingerprint density at radius 1 is 1.33 bits per heavy atom. The lowest BCUT2D eigenvalue weighted by Gasteiger charge is -2.28. The number of methoxy groups -OCH3 is 1. The van der Waals surface area contributed by atoms with Gasteiger partial charge in [0.2, 0.25) is 0 Å². The minimum absolute atomic E-state index is 0.198. The number of morpholine rings is 1. The average Bonchev–Trinajstić information content (AvgIpc) is 3.42. The number of nitrogens with zero attached hydrogens (tertiary/aromatic N) is 3. The number of rotatable bonds is 6. The van der Waals surface area contributed by atoms with Crippen LogP contribution in [0.25, 0.3) is 0 Å². The fraction of sp³-hybridized carbons (Fsp3) is 0.565. The standard InChI is InChI=1S/C23H30FN3O3/c1-17-20(4-3-5-21(17)24)23(22(28)29-2)7-6-18(14-23)19-15-25-27(16-19)9-8-26-10-12-30-13-11-26/h3-5,15-16,18H,6-14H2,1-2H3. The Hall–Kier alpha value is -2.25. The number of benzene rings is 1. The van der Waals surface area contributed by atoms with Crippen LogP contribution in [-0.4, -0.2) is 60.6 Å². The van der Waals surface area contributed by atoms with Gasteiger partial charge in [-0.15, -0.1) is 0 Å². The molecule has 1 aromatic carbocycles. The first kappa shape index (κ1) is 21.0. The molecular formula is C23H30FN3O3. The summed E-state index contributed by atoms with van der Waals surface area (Å²) in [7, 11) is 1.41. The van der Waals surface area contributed by atoms with Gasteiger partial charge in [-0.05, 0) is 54.9 Å². The molecule has 2 aromatic rings. The van der Waals surface area contributed by atoms with Gasteiger partial charge < -0.3 is 9.47 Å². The zero-order chi connectivity index (χ0) is 21.1. The van der Waals surface area contributed by atoms with Gasteiger partial charge in [-0.25, -0.2) is 4.39 Å². The van der Waals surface area contributed by atoms with Gasteiger partial charge in [0.1, 0.15) is 5.82 Å². The number of ether oxygens (including phenoxy) is 2. The molecule has 0 spiro atoms. The first-order valence-electron chi connectivity index (χ1n) is 10.7. The third kappa shape index (κ3) is 4.01. The first-order chi connectivity index (χ1) is 14.5. The Labute approximate surface area is 177 Å². The van der Waals surface area contributed by atoms with Crippen molar-refractivity contribution in [1.82, 2.24) is 14.7 Å². The molecule has 1 saturated heterocycles. The molecule has 2 unspecified atom stereocenters. The van der Waals surface area contributed by atoms with Crippen molar-refractivity contribution < 1.29 is 18.7 Å². The molecule has 1 saturated carbocycles. The maximum atomic E-state index is 14.3. The van der Waals surface area contributed by atoms with Crippen molar-refractivity contribution in [3.8, 4) is 0 Å². The summed E-state index contributed by atoms with van der Waals surface area (Å²) in [6, 6.07) is 4.98. The number of carbonyl (C=O) groups is 1. The number of hydrogen-bond acceptors (Lipinski definition) is 5. The Kier molecular flexibility index (Phi) is 6.20. The molecule has 0 amide bonds. The summed E-state index contributed by atoms with van der Waals surface area (Å²) in [5.74, 6) is -0.363. The summed E-state index contributed by atoms with van der Waals surface area (Å²) in [6.07, 6.45) is 6.11. The number of carbonyl (C=O) groups excluding carboxylic acids is 1. The molecule has 162 valence electrons. The van der Waals surface area contributed by atoms with Gasteiger partial charge in [0.25, 0.3) is 0 Å². The van der Waals surface area contributed by atoms with E-state index in [0.29, 0.717) is 18.4 Å². The molecule has 1 aliphatic carbocycles. The van der Waals surface area contributed by atoms with Crippen LogP contribution in [0.3, 0.4) is 0 Å². The third-order valence-corrected chi connectivity index (χ3v) is 6.75. The van der Waals surface area contributed by atoms with Crippen molar-refractivity contribution in [2.75, 3.05) is 40.0 Å². The van der Waals surface area contributed by atoms with E-state index in [-0.39, 0.29) is 17.7 Å². The Bertz CT molecular complexity index is 894. The topological polar surface area (TPSA) is 56.6 Å². The second-order valence-electron chi connectivity index (χ2n) is 8.42. The third-order valence-electron chi connectivity index (χ3n) is 6.75. The molecule has 4 rings (SSSR count). The van der Waals surface area contributed by atoms with Crippen LogP contribution >= 0.6 is 0 Å². The molecule has 6 nitrogen and oxygen atoms in total. The van der Waals surface area contributed by atoms with E-state index in [2.05, 4.69) is 16.2 Å². The van der Waals surface area contributed by atoms with Crippen LogP contribution in [0.4, 0.5) is 4.39 Å². The van der Waals surface area contributed by atoms with E-state index in [4.69, 9.17) is 9.47 Å². The monoisotopic (exact) mass is 415 g/mol. The maximum absolute atomic E-state index is 14.3. The van der Waals surface area contributed by atoms with Gasteiger partial charge in [-0.2, -0.15) is 5.10 Å². The normalized spacial score (nSPS) is 24.8. The summed E-state index contributed by atoms with van der Waals surface area (Å²) in [6.45, 7) is 7.04. The second kappa shape index (κ2) is 8.86. The fourth-order valence-electron chi connectivity index (χ4n) is 4.97. The number of hydrogen-bond donors (Lipinski definition) is 0. The van der Waals surface area contributed by atoms with Gasteiger partial charge in [0.05, 0.1) is 38.5 Å². The van der Waals surface area contributed by atoms with Crippen LogP contribution in [-0.2, 0) is 26.2 Å². The molecule has 1 aromatic heterocycles. The van der Waals surface area contributed by atoms with E-state index < -0.39 is 5.41 Å². The Morgan fingerprint density at radius 3 is 2.90 bits per heavy atom. The van der Waals surface area contributed by atoms with Crippen LogP contribution in [0.2, 0.25) is 0 Å².